The van der Waals surface area contributed by atoms with E-state index in [4.69, 9.17) is 4.42 Å². The molecule has 1 unspecified atom stereocenters. The number of likely N-dealkylation sites (N-methyl/N-ethyl adjacent to an activating group) is 1. The molecule has 4 rings (SSSR count). The minimum Gasteiger partial charge on any atom is -0.441 e. The van der Waals surface area contributed by atoms with Crippen LogP contribution in [0.4, 0.5) is 0 Å². The highest BCUT2D eigenvalue weighted by Gasteiger charge is 2.29. The van der Waals surface area contributed by atoms with Gasteiger partial charge in [-0.1, -0.05) is 48.5 Å². The number of piperazine rings is 1. The van der Waals surface area contributed by atoms with Crippen LogP contribution in [0.1, 0.15) is 28.6 Å². The molecule has 0 bridgehead atoms. The highest BCUT2D eigenvalue weighted by Crippen LogP contribution is 2.27. The first kappa shape index (κ1) is 19.4. The van der Waals surface area contributed by atoms with E-state index in [0.29, 0.717) is 18.2 Å². The lowest BCUT2D eigenvalue weighted by Gasteiger charge is -2.39. The van der Waals surface area contributed by atoms with Gasteiger partial charge in [0.25, 0.3) is 0 Å². The molecule has 5 heteroatoms. The van der Waals surface area contributed by atoms with Crippen LogP contribution < -0.4 is 0 Å². The first-order valence-electron chi connectivity index (χ1n) is 10.1. The summed E-state index contributed by atoms with van der Waals surface area (Å²) in [7, 11) is 2.12. The number of nitrogens with zero attached hydrogens (tertiary/aromatic N) is 3. The Balaban J connectivity index is 1.49. The minimum absolute atomic E-state index is 0.103. The number of hydrogen-bond donors (Lipinski definition) is 0. The van der Waals surface area contributed by atoms with Crippen molar-refractivity contribution in [1.82, 2.24) is 14.8 Å². The first-order valence-corrected chi connectivity index (χ1v) is 10.1. The fraction of sp³-hybridized carbons (Fsp3) is 0.333. The van der Waals surface area contributed by atoms with Gasteiger partial charge in [-0.15, -0.1) is 0 Å². The molecule has 3 aromatic rings. The van der Waals surface area contributed by atoms with Crippen LogP contribution in [0.2, 0.25) is 0 Å². The summed E-state index contributed by atoms with van der Waals surface area (Å²) < 4.78 is 5.89. The van der Waals surface area contributed by atoms with E-state index in [0.717, 1.165) is 29.9 Å². The summed E-state index contributed by atoms with van der Waals surface area (Å²) in [6, 6.07) is 18.6. The molecule has 1 amide bonds. The predicted molar refractivity (Wildman–Crippen MR) is 114 cm³/mol. The maximum atomic E-state index is 13.0. The lowest BCUT2D eigenvalue weighted by atomic mass is 10.0. The van der Waals surface area contributed by atoms with E-state index in [-0.39, 0.29) is 18.4 Å². The fourth-order valence-electron chi connectivity index (χ4n) is 3.91. The third-order valence-electron chi connectivity index (χ3n) is 5.77. The van der Waals surface area contributed by atoms with Gasteiger partial charge in [0, 0.05) is 25.2 Å². The summed E-state index contributed by atoms with van der Waals surface area (Å²) in [5, 5.41) is 0. The standard InChI is InChI=1S/C24H27N3O2/c1-17-9-7-8-12-20(17)24-25-21(18(2)29-24)15-23(28)27-14-13-26(3)22(16-27)19-10-5-4-6-11-19/h4-12,22H,13-16H2,1-3H3. The molecule has 0 aliphatic carbocycles. The van der Waals surface area contributed by atoms with Gasteiger partial charge in [0.1, 0.15) is 5.76 Å². The van der Waals surface area contributed by atoms with E-state index in [1.165, 1.54) is 5.56 Å². The monoisotopic (exact) mass is 389 g/mol. The molecule has 150 valence electrons. The summed E-state index contributed by atoms with van der Waals surface area (Å²) >= 11 is 0. The van der Waals surface area contributed by atoms with E-state index in [1.54, 1.807) is 0 Å². The fourth-order valence-corrected chi connectivity index (χ4v) is 3.91. The lowest BCUT2D eigenvalue weighted by molar-refractivity contribution is -0.133. The summed E-state index contributed by atoms with van der Waals surface area (Å²) in [6.45, 7) is 6.21. The van der Waals surface area contributed by atoms with Crippen LogP contribution in [0, 0.1) is 13.8 Å². The Morgan fingerprint density at radius 2 is 1.79 bits per heavy atom. The second-order valence-electron chi connectivity index (χ2n) is 7.76. The van der Waals surface area contributed by atoms with Crippen LogP contribution in [-0.2, 0) is 11.2 Å². The molecule has 0 saturated carbocycles. The number of hydrogen-bond acceptors (Lipinski definition) is 4. The van der Waals surface area contributed by atoms with Gasteiger partial charge in [-0.2, -0.15) is 0 Å². The average Bonchev–Trinajstić information content (AvgIpc) is 3.09. The van der Waals surface area contributed by atoms with Gasteiger partial charge >= 0.3 is 0 Å². The molecule has 5 nitrogen and oxygen atoms in total. The Bertz CT molecular complexity index is 996. The minimum atomic E-state index is 0.103. The number of carbonyl (C=O) groups excluding carboxylic acids is 1. The molecule has 29 heavy (non-hydrogen) atoms. The molecule has 1 aromatic heterocycles. The quantitative estimate of drug-likeness (QED) is 0.676. The second-order valence-corrected chi connectivity index (χ2v) is 7.76. The molecule has 1 fully saturated rings. The van der Waals surface area contributed by atoms with Crippen molar-refractivity contribution < 1.29 is 9.21 Å². The summed E-state index contributed by atoms with van der Waals surface area (Å²) in [5.74, 6) is 1.40. The zero-order valence-electron chi connectivity index (χ0n) is 17.3. The smallest absolute Gasteiger partial charge is 0.228 e. The highest BCUT2D eigenvalue weighted by molar-refractivity contribution is 5.79. The van der Waals surface area contributed by atoms with Crippen LogP contribution in [0.3, 0.4) is 0 Å². The molecule has 1 aliphatic rings. The van der Waals surface area contributed by atoms with E-state index in [2.05, 4.69) is 41.2 Å². The third-order valence-corrected chi connectivity index (χ3v) is 5.77. The Hall–Kier alpha value is -2.92. The van der Waals surface area contributed by atoms with Crippen molar-refractivity contribution in [2.75, 3.05) is 26.7 Å². The van der Waals surface area contributed by atoms with E-state index < -0.39 is 0 Å². The number of aryl methyl sites for hydroxylation is 2. The van der Waals surface area contributed by atoms with Crippen molar-refractivity contribution in [3.05, 3.63) is 77.2 Å². The molecule has 1 saturated heterocycles. The molecular weight excluding hydrogens is 362 g/mol. The summed E-state index contributed by atoms with van der Waals surface area (Å²) in [5.41, 5.74) is 4.05. The number of rotatable bonds is 4. The molecule has 2 heterocycles. The average molecular weight is 389 g/mol. The van der Waals surface area contributed by atoms with Crippen molar-refractivity contribution in [1.29, 1.82) is 0 Å². The number of carbonyl (C=O) groups is 1. The molecule has 0 radical (unpaired) electrons. The van der Waals surface area contributed by atoms with E-state index in [9.17, 15) is 4.79 Å². The number of benzene rings is 2. The summed E-state index contributed by atoms with van der Waals surface area (Å²) in [6.07, 6.45) is 0.270. The Kier molecular flexibility index (Phi) is 5.49. The zero-order chi connectivity index (χ0) is 20.4. The third kappa shape index (κ3) is 4.10. The van der Waals surface area contributed by atoms with Gasteiger partial charge in [0.05, 0.1) is 18.2 Å². The number of oxazole rings is 1. The van der Waals surface area contributed by atoms with Crippen molar-refractivity contribution in [3.8, 4) is 11.5 Å². The Morgan fingerprint density at radius 3 is 2.55 bits per heavy atom. The van der Waals surface area contributed by atoms with Crippen LogP contribution in [0.25, 0.3) is 11.5 Å². The lowest BCUT2D eigenvalue weighted by Crippen LogP contribution is -2.49. The SMILES string of the molecule is Cc1ccccc1-c1nc(CC(=O)N2CCN(C)C(c3ccccc3)C2)c(C)o1. The number of aromatic nitrogens is 1. The molecule has 0 N–H and O–H groups in total. The second kappa shape index (κ2) is 8.21. The van der Waals surface area contributed by atoms with Gasteiger partial charge in [-0.25, -0.2) is 4.98 Å². The molecule has 1 atom stereocenters. The molecule has 2 aromatic carbocycles. The molecule has 1 aliphatic heterocycles. The van der Waals surface area contributed by atoms with Crippen LogP contribution in [0.15, 0.2) is 59.0 Å². The zero-order valence-corrected chi connectivity index (χ0v) is 17.3. The number of amides is 1. The van der Waals surface area contributed by atoms with Gasteiger partial charge in [-0.3, -0.25) is 9.69 Å². The van der Waals surface area contributed by atoms with Gasteiger partial charge in [0.2, 0.25) is 11.8 Å². The Morgan fingerprint density at radius 1 is 1.07 bits per heavy atom. The maximum Gasteiger partial charge on any atom is 0.228 e. The van der Waals surface area contributed by atoms with Gasteiger partial charge in [-0.05, 0) is 38.1 Å². The van der Waals surface area contributed by atoms with Gasteiger partial charge in [0.15, 0.2) is 0 Å². The Labute approximate surface area is 172 Å². The van der Waals surface area contributed by atoms with Crippen LogP contribution in [0.5, 0.6) is 0 Å². The highest BCUT2D eigenvalue weighted by atomic mass is 16.4. The van der Waals surface area contributed by atoms with E-state index >= 15 is 0 Å². The van der Waals surface area contributed by atoms with Gasteiger partial charge < -0.3 is 9.32 Å². The topological polar surface area (TPSA) is 49.6 Å². The van der Waals surface area contributed by atoms with Crippen LogP contribution >= 0.6 is 0 Å². The summed E-state index contributed by atoms with van der Waals surface area (Å²) in [4.78, 5) is 22.0. The van der Waals surface area contributed by atoms with E-state index in [1.807, 2.05) is 49.1 Å². The van der Waals surface area contributed by atoms with Crippen molar-refractivity contribution in [2.45, 2.75) is 26.3 Å². The van der Waals surface area contributed by atoms with Crippen LogP contribution in [-0.4, -0.2) is 47.4 Å². The molecular formula is C24H27N3O2. The van der Waals surface area contributed by atoms with Crippen molar-refractivity contribution >= 4 is 5.91 Å². The normalized spacial score (nSPS) is 17.5. The predicted octanol–water partition coefficient (Wildman–Crippen LogP) is 4.02. The molecule has 0 spiro atoms. The largest absolute Gasteiger partial charge is 0.441 e. The first-order chi connectivity index (χ1) is 14.0. The van der Waals surface area contributed by atoms with Crippen molar-refractivity contribution in [2.24, 2.45) is 0 Å². The van der Waals surface area contributed by atoms with Crippen molar-refractivity contribution in [3.63, 3.8) is 0 Å². The maximum absolute atomic E-state index is 13.0.